The summed E-state index contributed by atoms with van der Waals surface area (Å²) in [5.74, 6) is -1.13. The van der Waals surface area contributed by atoms with Gasteiger partial charge < -0.3 is 15.7 Å². The number of carbonyl (C=O) groups is 2. The number of nitrogens with one attached hydrogen (secondary N) is 2. The monoisotopic (exact) mass is 304 g/mol. The summed E-state index contributed by atoms with van der Waals surface area (Å²) >= 11 is 0. The smallest absolute Gasteiger partial charge is 0.315 e. The third-order valence-electron chi connectivity index (χ3n) is 3.76. The second kappa shape index (κ2) is 8.24. The molecule has 116 valence electrons. The number of urea groups is 1. The van der Waals surface area contributed by atoms with Crippen LogP contribution in [0.4, 0.5) is 4.79 Å². The number of hydrogen-bond acceptors (Lipinski definition) is 3. The van der Waals surface area contributed by atoms with E-state index >= 15 is 0 Å². The zero-order valence-corrected chi connectivity index (χ0v) is 12.9. The first-order valence-corrected chi connectivity index (χ1v) is 8.61. The van der Waals surface area contributed by atoms with Crippen LogP contribution >= 0.6 is 0 Å². The summed E-state index contributed by atoms with van der Waals surface area (Å²) < 4.78 is 11.2. The zero-order valence-electron chi connectivity index (χ0n) is 12.1. The van der Waals surface area contributed by atoms with Crippen molar-refractivity contribution in [3.05, 3.63) is 0 Å². The molecule has 4 atom stereocenters. The van der Waals surface area contributed by atoms with Gasteiger partial charge in [0.25, 0.3) is 0 Å². The molecule has 1 aliphatic rings. The predicted octanol–water partition coefficient (Wildman–Crippen LogP) is 1.09. The minimum Gasteiger partial charge on any atom is -0.481 e. The molecule has 0 aromatic carbocycles. The van der Waals surface area contributed by atoms with Crippen LogP contribution in [0.3, 0.4) is 0 Å². The summed E-state index contributed by atoms with van der Waals surface area (Å²) in [6.07, 6.45) is 5.16. The van der Waals surface area contributed by atoms with E-state index in [0.29, 0.717) is 25.8 Å². The molecule has 2 amide bonds. The molecule has 0 heterocycles. The molecule has 4 unspecified atom stereocenters. The van der Waals surface area contributed by atoms with Crippen LogP contribution in [0.2, 0.25) is 0 Å². The average molecular weight is 304 g/mol. The Morgan fingerprint density at radius 3 is 2.70 bits per heavy atom. The Kier molecular flexibility index (Phi) is 6.98. The second-order valence-electron chi connectivity index (χ2n) is 5.40. The lowest BCUT2D eigenvalue weighted by molar-refractivity contribution is -0.143. The first kappa shape index (κ1) is 16.9. The molecule has 1 saturated carbocycles. The van der Waals surface area contributed by atoms with Crippen molar-refractivity contribution in [2.45, 2.75) is 50.3 Å². The zero-order chi connectivity index (χ0) is 15.1. The lowest BCUT2D eigenvalue weighted by Crippen LogP contribution is -2.45. The van der Waals surface area contributed by atoms with Crippen molar-refractivity contribution in [3.63, 3.8) is 0 Å². The molecular weight excluding hydrogens is 280 g/mol. The van der Waals surface area contributed by atoms with Gasteiger partial charge in [0.1, 0.15) is 0 Å². The van der Waals surface area contributed by atoms with Crippen molar-refractivity contribution in [3.8, 4) is 0 Å². The van der Waals surface area contributed by atoms with E-state index < -0.39 is 16.8 Å². The molecule has 0 spiro atoms. The van der Waals surface area contributed by atoms with E-state index in [4.69, 9.17) is 5.11 Å². The summed E-state index contributed by atoms with van der Waals surface area (Å²) in [5.41, 5.74) is 0. The van der Waals surface area contributed by atoms with Crippen molar-refractivity contribution in [1.29, 1.82) is 0 Å². The number of amides is 2. The van der Waals surface area contributed by atoms with Gasteiger partial charge in [-0.25, -0.2) is 4.79 Å². The topological polar surface area (TPSA) is 95.5 Å². The predicted molar refractivity (Wildman–Crippen MR) is 78.1 cm³/mol. The molecule has 1 fully saturated rings. The fraction of sp³-hybridized carbons (Fsp3) is 0.846. The second-order valence-corrected chi connectivity index (χ2v) is 7.20. The van der Waals surface area contributed by atoms with E-state index in [9.17, 15) is 13.8 Å². The fourth-order valence-electron chi connectivity index (χ4n) is 2.34. The van der Waals surface area contributed by atoms with Crippen molar-refractivity contribution in [2.75, 3.05) is 12.8 Å². The Balaban J connectivity index is 2.25. The highest BCUT2D eigenvalue weighted by molar-refractivity contribution is 7.84. The summed E-state index contributed by atoms with van der Waals surface area (Å²) in [5, 5.41) is 14.6. The van der Waals surface area contributed by atoms with Gasteiger partial charge in [0, 0.05) is 34.9 Å². The van der Waals surface area contributed by atoms with Gasteiger partial charge in [-0.2, -0.15) is 0 Å². The third-order valence-corrected chi connectivity index (χ3v) is 5.13. The van der Waals surface area contributed by atoms with Crippen LogP contribution in [-0.2, 0) is 15.6 Å². The highest BCUT2D eigenvalue weighted by atomic mass is 32.2. The number of hydrogen-bond donors (Lipinski definition) is 3. The lowest BCUT2D eigenvalue weighted by Gasteiger charge is -2.27. The maximum Gasteiger partial charge on any atom is 0.315 e. The number of carboxylic acids is 1. The average Bonchev–Trinajstić information content (AvgIpc) is 2.38. The highest BCUT2D eigenvalue weighted by Crippen LogP contribution is 2.24. The SMILES string of the molecule is CC(CCNC(=O)NC1CCCC(C(=O)O)C1)S(C)=O. The Labute approximate surface area is 122 Å². The van der Waals surface area contributed by atoms with Crippen LogP contribution in [0.15, 0.2) is 0 Å². The van der Waals surface area contributed by atoms with Gasteiger partial charge in [0.15, 0.2) is 0 Å². The van der Waals surface area contributed by atoms with Crippen LogP contribution in [0, 0.1) is 5.92 Å². The number of carbonyl (C=O) groups excluding carboxylic acids is 1. The Bertz CT molecular complexity index is 375. The molecular formula is C13H24N2O4S. The van der Waals surface area contributed by atoms with Gasteiger partial charge >= 0.3 is 12.0 Å². The summed E-state index contributed by atoms with van der Waals surface area (Å²) in [4.78, 5) is 22.6. The molecule has 0 saturated heterocycles. The third kappa shape index (κ3) is 5.90. The van der Waals surface area contributed by atoms with Gasteiger partial charge in [0.05, 0.1) is 5.92 Å². The summed E-state index contributed by atoms with van der Waals surface area (Å²) in [7, 11) is -0.878. The van der Waals surface area contributed by atoms with E-state index in [2.05, 4.69) is 10.6 Å². The van der Waals surface area contributed by atoms with Gasteiger partial charge in [-0.15, -0.1) is 0 Å². The van der Waals surface area contributed by atoms with Crippen molar-refractivity contribution in [2.24, 2.45) is 5.92 Å². The number of rotatable bonds is 6. The molecule has 0 aliphatic heterocycles. The standard InChI is InChI=1S/C13H24N2O4S/c1-9(20(2)19)6-7-14-13(18)15-11-5-3-4-10(8-11)12(16)17/h9-11H,3-8H2,1-2H3,(H,16,17)(H2,14,15,18). The van der Waals surface area contributed by atoms with E-state index in [1.54, 1.807) is 6.26 Å². The molecule has 6 nitrogen and oxygen atoms in total. The Morgan fingerprint density at radius 1 is 1.40 bits per heavy atom. The minimum atomic E-state index is -0.878. The Hall–Kier alpha value is -1.11. The van der Waals surface area contributed by atoms with E-state index in [1.807, 2.05) is 6.92 Å². The van der Waals surface area contributed by atoms with Crippen LogP contribution < -0.4 is 10.6 Å². The minimum absolute atomic E-state index is 0.0568. The van der Waals surface area contributed by atoms with Crippen LogP contribution in [0.5, 0.6) is 0 Å². The van der Waals surface area contributed by atoms with E-state index in [-0.39, 0.29) is 23.2 Å². The van der Waals surface area contributed by atoms with Gasteiger partial charge in [-0.1, -0.05) is 13.3 Å². The van der Waals surface area contributed by atoms with Gasteiger partial charge in [-0.3, -0.25) is 9.00 Å². The first-order chi connectivity index (χ1) is 9.40. The van der Waals surface area contributed by atoms with Crippen molar-refractivity contribution < 1.29 is 18.9 Å². The van der Waals surface area contributed by atoms with Crippen LogP contribution in [0.1, 0.15) is 39.0 Å². The number of aliphatic carboxylic acids is 1. The maximum atomic E-state index is 11.7. The van der Waals surface area contributed by atoms with Crippen LogP contribution in [0.25, 0.3) is 0 Å². The summed E-state index contributed by atoms with van der Waals surface area (Å²) in [6.45, 7) is 2.36. The van der Waals surface area contributed by atoms with Crippen molar-refractivity contribution in [1.82, 2.24) is 10.6 Å². The van der Waals surface area contributed by atoms with Crippen LogP contribution in [-0.4, -0.2) is 45.4 Å². The maximum absolute atomic E-state index is 11.7. The normalized spacial score (nSPS) is 25.5. The van der Waals surface area contributed by atoms with Gasteiger partial charge in [0.2, 0.25) is 0 Å². The fourth-order valence-corrected chi connectivity index (χ4v) is 2.79. The highest BCUT2D eigenvalue weighted by Gasteiger charge is 2.27. The molecule has 7 heteroatoms. The Morgan fingerprint density at radius 2 is 2.10 bits per heavy atom. The molecule has 1 aliphatic carbocycles. The van der Waals surface area contributed by atoms with E-state index in [0.717, 1.165) is 12.8 Å². The van der Waals surface area contributed by atoms with Gasteiger partial charge in [-0.05, 0) is 25.7 Å². The van der Waals surface area contributed by atoms with E-state index in [1.165, 1.54) is 0 Å². The molecule has 0 radical (unpaired) electrons. The molecule has 1 rings (SSSR count). The molecule has 3 N–H and O–H groups in total. The molecule has 0 aromatic heterocycles. The molecule has 0 aromatic rings. The lowest BCUT2D eigenvalue weighted by atomic mass is 9.86. The number of carboxylic acid groups (broad SMARTS) is 1. The van der Waals surface area contributed by atoms with Crippen molar-refractivity contribution >= 4 is 22.8 Å². The largest absolute Gasteiger partial charge is 0.481 e. The first-order valence-electron chi connectivity index (χ1n) is 6.99. The molecule has 20 heavy (non-hydrogen) atoms. The quantitative estimate of drug-likeness (QED) is 0.684. The molecule has 0 bridgehead atoms. The summed E-state index contributed by atoms with van der Waals surface area (Å²) in [6, 6.07) is -0.335.